The topological polar surface area (TPSA) is 127 Å². The molecule has 1 fully saturated rings. The number of hydrogen-bond acceptors (Lipinski definition) is 8. The van der Waals surface area contributed by atoms with E-state index < -0.39 is 6.17 Å². The molecular formula is C23H22FN7O2. The molecule has 33 heavy (non-hydrogen) atoms. The minimum atomic E-state index is -0.905. The highest BCUT2D eigenvalue weighted by Gasteiger charge is 2.25. The Morgan fingerprint density at radius 2 is 2.09 bits per heavy atom. The normalized spacial score (nSPS) is 15.2. The summed E-state index contributed by atoms with van der Waals surface area (Å²) in [6.45, 7) is 0.844. The van der Waals surface area contributed by atoms with Gasteiger partial charge in [-0.1, -0.05) is 0 Å². The van der Waals surface area contributed by atoms with E-state index in [-0.39, 0.29) is 25.6 Å². The van der Waals surface area contributed by atoms with E-state index in [0.29, 0.717) is 52.8 Å². The second kappa shape index (κ2) is 10.0. The number of halogens is 1. The van der Waals surface area contributed by atoms with Gasteiger partial charge in [0.05, 0.1) is 24.4 Å². The van der Waals surface area contributed by atoms with Crippen molar-refractivity contribution in [1.29, 1.82) is 5.26 Å². The summed E-state index contributed by atoms with van der Waals surface area (Å²) in [5.41, 5.74) is 2.74. The van der Waals surface area contributed by atoms with Crippen LogP contribution in [0.15, 0.2) is 48.8 Å². The molecule has 10 heteroatoms. The van der Waals surface area contributed by atoms with Crippen LogP contribution in [0, 0.1) is 11.3 Å². The highest BCUT2D eigenvalue weighted by Crippen LogP contribution is 2.27. The number of hydrogen-bond donors (Lipinski definition) is 3. The van der Waals surface area contributed by atoms with E-state index in [9.17, 15) is 14.4 Å². The maximum Gasteiger partial charge on any atom is 0.251 e. The quantitative estimate of drug-likeness (QED) is 0.504. The largest absolute Gasteiger partial charge is 0.395 e. The number of anilines is 3. The number of nitrogens with one attached hydrogen (secondary N) is 2. The summed E-state index contributed by atoms with van der Waals surface area (Å²) in [5, 5.41) is 24.1. The van der Waals surface area contributed by atoms with Crippen LogP contribution in [0.3, 0.4) is 0 Å². The highest BCUT2D eigenvalue weighted by molar-refractivity contribution is 5.94. The van der Waals surface area contributed by atoms with Crippen LogP contribution in [0.5, 0.6) is 0 Å². The SMILES string of the molecule is N#Cc1cc(-c2ccnc(Nc3ccc(C(=O)NCCO)cc3)n2)cnc1N1CCC(F)C1. The summed E-state index contributed by atoms with van der Waals surface area (Å²) < 4.78 is 13.6. The molecule has 0 bridgehead atoms. The van der Waals surface area contributed by atoms with Gasteiger partial charge in [-0.25, -0.2) is 19.3 Å². The van der Waals surface area contributed by atoms with E-state index in [1.165, 1.54) is 0 Å². The minimum absolute atomic E-state index is 0.122. The van der Waals surface area contributed by atoms with Gasteiger partial charge in [-0.3, -0.25) is 4.79 Å². The molecule has 1 aliphatic heterocycles. The van der Waals surface area contributed by atoms with Gasteiger partial charge >= 0.3 is 0 Å². The van der Waals surface area contributed by atoms with Crippen LogP contribution >= 0.6 is 0 Å². The molecule has 1 unspecified atom stereocenters. The summed E-state index contributed by atoms with van der Waals surface area (Å²) in [7, 11) is 0. The average Bonchev–Trinajstić information content (AvgIpc) is 3.28. The van der Waals surface area contributed by atoms with Crippen LogP contribution in [0.2, 0.25) is 0 Å². The molecule has 1 saturated heterocycles. The second-order valence-corrected chi connectivity index (χ2v) is 7.49. The van der Waals surface area contributed by atoms with Gasteiger partial charge in [0.15, 0.2) is 0 Å². The predicted molar refractivity (Wildman–Crippen MR) is 121 cm³/mol. The van der Waals surface area contributed by atoms with E-state index in [0.717, 1.165) is 0 Å². The van der Waals surface area contributed by atoms with E-state index >= 15 is 0 Å². The number of aliphatic hydroxyl groups excluding tert-OH is 1. The first-order valence-corrected chi connectivity index (χ1v) is 10.5. The summed E-state index contributed by atoms with van der Waals surface area (Å²) in [6.07, 6.45) is 2.74. The smallest absolute Gasteiger partial charge is 0.251 e. The number of amides is 1. The van der Waals surface area contributed by atoms with Crippen LogP contribution in [-0.2, 0) is 0 Å². The van der Waals surface area contributed by atoms with Gasteiger partial charge < -0.3 is 20.6 Å². The first-order chi connectivity index (χ1) is 16.1. The molecule has 3 aromatic rings. The molecule has 0 saturated carbocycles. The van der Waals surface area contributed by atoms with Gasteiger partial charge in [0.25, 0.3) is 5.91 Å². The number of alkyl halides is 1. The molecule has 4 rings (SSSR count). The Hall–Kier alpha value is -4.10. The number of nitriles is 1. The molecule has 1 amide bonds. The van der Waals surface area contributed by atoms with Crippen molar-refractivity contribution in [3.63, 3.8) is 0 Å². The fraction of sp³-hybridized carbons (Fsp3) is 0.261. The molecule has 1 aromatic carbocycles. The Morgan fingerprint density at radius 3 is 2.79 bits per heavy atom. The first-order valence-electron chi connectivity index (χ1n) is 10.5. The van der Waals surface area contributed by atoms with Crippen LogP contribution in [-0.4, -0.2) is 58.4 Å². The lowest BCUT2D eigenvalue weighted by Gasteiger charge is -2.18. The van der Waals surface area contributed by atoms with E-state index in [2.05, 4.69) is 31.7 Å². The maximum atomic E-state index is 13.6. The third-order valence-electron chi connectivity index (χ3n) is 5.17. The Balaban J connectivity index is 1.50. The molecule has 0 aliphatic carbocycles. The summed E-state index contributed by atoms with van der Waals surface area (Å²) in [4.78, 5) is 26.8. The van der Waals surface area contributed by atoms with E-state index in [1.54, 1.807) is 53.7 Å². The zero-order valence-electron chi connectivity index (χ0n) is 17.7. The number of rotatable bonds is 7. The van der Waals surface area contributed by atoms with Crippen LogP contribution in [0.1, 0.15) is 22.3 Å². The van der Waals surface area contributed by atoms with Crippen molar-refractivity contribution < 1.29 is 14.3 Å². The van der Waals surface area contributed by atoms with Crippen molar-refractivity contribution in [3.05, 3.63) is 59.9 Å². The number of carbonyl (C=O) groups excluding carboxylic acids is 1. The molecule has 3 N–H and O–H groups in total. The Morgan fingerprint density at radius 1 is 1.27 bits per heavy atom. The van der Waals surface area contributed by atoms with Crippen LogP contribution in [0.4, 0.5) is 21.8 Å². The Labute approximate surface area is 189 Å². The lowest BCUT2D eigenvalue weighted by Crippen LogP contribution is -2.26. The third-order valence-corrected chi connectivity index (χ3v) is 5.17. The lowest BCUT2D eigenvalue weighted by atomic mass is 10.1. The Bertz CT molecular complexity index is 1180. The molecule has 1 aliphatic rings. The van der Waals surface area contributed by atoms with Crippen molar-refractivity contribution in [1.82, 2.24) is 20.3 Å². The number of aliphatic hydroxyl groups is 1. The number of carbonyl (C=O) groups is 1. The second-order valence-electron chi connectivity index (χ2n) is 7.49. The van der Waals surface area contributed by atoms with Crippen molar-refractivity contribution >= 4 is 23.4 Å². The van der Waals surface area contributed by atoms with Gasteiger partial charge in [0.1, 0.15) is 18.1 Å². The van der Waals surface area contributed by atoms with Crippen molar-refractivity contribution in [2.45, 2.75) is 12.6 Å². The van der Waals surface area contributed by atoms with Crippen molar-refractivity contribution in [3.8, 4) is 17.3 Å². The highest BCUT2D eigenvalue weighted by atomic mass is 19.1. The summed E-state index contributed by atoms with van der Waals surface area (Å²) in [6, 6.07) is 12.3. The van der Waals surface area contributed by atoms with E-state index in [4.69, 9.17) is 5.11 Å². The molecular weight excluding hydrogens is 425 g/mol. The minimum Gasteiger partial charge on any atom is -0.395 e. The lowest BCUT2D eigenvalue weighted by molar-refractivity contribution is 0.0945. The van der Waals surface area contributed by atoms with Gasteiger partial charge in [-0.2, -0.15) is 5.26 Å². The maximum absolute atomic E-state index is 13.6. The molecule has 1 atom stereocenters. The number of nitrogens with zero attached hydrogens (tertiary/aromatic N) is 5. The molecule has 3 heterocycles. The molecule has 0 spiro atoms. The molecule has 0 radical (unpaired) electrons. The fourth-order valence-corrected chi connectivity index (χ4v) is 3.53. The molecule has 168 valence electrons. The monoisotopic (exact) mass is 447 g/mol. The van der Waals surface area contributed by atoms with Gasteiger partial charge in [0.2, 0.25) is 5.95 Å². The fourth-order valence-electron chi connectivity index (χ4n) is 3.53. The van der Waals surface area contributed by atoms with Gasteiger partial charge in [-0.05, 0) is 42.8 Å². The number of benzene rings is 1. The average molecular weight is 447 g/mol. The third kappa shape index (κ3) is 5.22. The van der Waals surface area contributed by atoms with Gasteiger partial charge in [0, 0.05) is 42.3 Å². The predicted octanol–water partition coefficient (Wildman–Crippen LogP) is 2.42. The zero-order chi connectivity index (χ0) is 23.2. The summed E-state index contributed by atoms with van der Waals surface area (Å²) in [5.74, 6) is 0.554. The van der Waals surface area contributed by atoms with Crippen LogP contribution in [0.25, 0.3) is 11.3 Å². The standard InChI is InChI=1S/C23H22FN7O2/c24-18-6-9-31(14-18)21-16(12-25)11-17(13-28-21)20-5-7-27-23(30-20)29-19-3-1-15(2-4-19)22(33)26-8-10-32/h1-5,7,11,13,18,32H,6,8-10,14H2,(H,26,33)(H,27,29,30). The first kappa shape index (κ1) is 22.1. The zero-order valence-corrected chi connectivity index (χ0v) is 17.7. The van der Waals surface area contributed by atoms with Gasteiger partial charge in [-0.15, -0.1) is 0 Å². The summed E-state index contributed by atoms with van der Waals surface area (Å²) >= 11 is 0. The van der Waals surface area contributed by atoms with Crippen molar-refractivity contribution in [2.75, 3.05) is 36.5 Å². The van der Waals surface area contributed by atoms with E-state index in [1.807, 2.05) is 0 Å². The van der Waals surface area contributed by atoms with Crippen molar-refractivity contribution in [2.24, 2.45) is 0 Å². The van der Waals surface area contributed by atoms with Crippen LogP contribution < -0.4 is 15.5 Å². The molecule has 2 aromatic heterocycles. The Kier molecular flexibility index (Phi) is 6.71. The number of pyridine rings is 1. The molecule has 9 nitrogen and oxygen atoms in total. The number of aromatic nitrogens is 3.